The van der Waals surface area contributed by atoms with E-state index in [-0.39, 0.29) is 5.56 Å². The lowest BCUT2D eigenvalue weighted by Crippen LogP contribution is -2.46. The number of hydrogen-bond donors (Lipinski definition) is 2. The zero-order valence-corrected chi connectivity index (χ0v) is 20.9. The van der Waals surface area contributed by atoms with Gasteiger partial charge in [0.15, 0.2) is 0 Å². The van der Waals surface area contributed by atoms with Crippen LogP contribution in [-0.4, -0.2) is 21.3 Å². The number of fused-ring (bicyclic) bond motifs is 6. The second kappa shape index (κ2) is 9.00. The van der Waals surface area contributed by atoms with Crippen molar-refractivity contribution < 1.29 is 18.0 Å². The molecule has 0 spiro atoms. The molecule has 0 aliphatic carbocycles. The Hall–Kier alpha value is -5.08. The van der Waals surface area contributed by atoms with Gasteiger partial charge in [0.05, 0.1) is 22.1 Å². The number of nitrogens with one attached hydrogen (secondary N) is 2. The first kappa shape index (κ1) is 24.0. The Balaban J connectivity index is 1.54. The first-order valence-electron chi connectivity index (χ1n) is 12.7. The van der Waals surface area contributed by atoms with Crippen LogP contribution in [0.5, 0.6) is 0 Å². The quantitative estimate of drug-likeness (QED) is 0.180. The van der Waals surface area contributed by atoms with Crippen molar-refractivity contribution in [1.82, 2.24) is 20.0 Å². The van der Waals surface area contributed by atoms with E-state index in [4.69, 9.17) is 0 Å². The molecule has 0 unspecified atom stereocenters. The SMILES string of the molecule is O=C(NNC(F)(F)F)c1cc(-n2c3ccccc3c3ccccc32)cc(-n2c3ccccc3c3ccccc32)c1. The number of halogens is 3. The van der Waals surface area contributed by atoms with Crippen molar-refractivity contribution >= 4 is 49.5 Å². The van der Waals surface area contributed by atoms with E-state index in [1.54, 1.807) is 17.6 Å². The molecular weight excluding hydrogens is 513 g/mol. The van der Waals surface area contributed by atoms with E-state index in [2.05, 4.69) is 0 Å². The van der Waals surface area contributed by atoms with Crippen LogP contribution in [0.25, 0.3) is 55.0 Å². The molecule has 0 radical (unpaired) electrons. The Bertz CT molecular complexity index is 1850. The van der Waals surface area contributed by atoms with E-state index in [0.29, 0.717) is 11.4 Å². The Morgan fingerprint density at radius 3 is 1.25 bits per heavy atom. The largest absolute Gasteiger partial charge is 0.474 e. The van der Waals surface area contributed by atoms with Gasteiger partial charge in [0, 0.05) is 38.5 Å². The molecule has 0 fully saturated rings. The maximum atomic E-state index is 13.1. The summed E-state index contributed by atoms with van der Waals surface area (Å²) in [5, 5.41) is 4.13. The van der Waals surface area contributed by atoms with Crippen molar-refractivity contribution in [3.8, 4) is 11.4 Å². The smallest absolute Gasteiger partial charge is 0.309 e. The number of carbonyl (C=O) groups excluding carboxylic acids is 1. The highest BCUT2D eigenvalue weighted by atomic mass is 19.4. The van der Waals surface area contributed by atoms with Crippen LogP contribution in [0, 0.1) is 0 Å². The molecule has 40 heavy (non-hydrogen) atoms. The van der Waals surface area contributed by atoms with Gasteiger partial charge in [0.1, 0.15) is 0 Å². The van der Waals surface area contributed by atoms with Gasteiger partial charge in [0.2, 0.25) is 0 Å². The fraction of sp³-hybridized carbons (Fsp3) is 0.0312. The Morgan fingerprint density at radius 1 is 0.550 bits per heavy atom. The lowest BCUT2D eigenvalue weighted by atomic mass is 10.1. The highest BCUT2D eigenvalue weighted by Gasteiger charge is 2.28. The summed E-state index contributed by atoms with van der Waals surface area (Å²) >= 11 is 0. The van der Waals surface area contributed by atoms with Gasteiger partial charge in [-0.1, -0.05) is 72.8 Å². The minimum Gasteiger partial charge on any atom is -0.309 e. The van der Waals surface area contributed by atoms with Crippen molar-refractivity contribution in [2.75, 3.05) is 0 Å². The minimum atomic E-state index is -4.77. The number of para-hydroxylation sites is 4. The molecule has 7 rings (SSSR count). The summed E-state index contributed by atoms with van der Waals surface area (Å²) in [4.78, 5) is 13.1. The van der Waals surface area contributed by atoms with Gasteiger partial charge in [-0.15, -0.1) is 5.43 Å². The number of benzene rings is 5. The van der Waals surface area contributed by atoms with Crippen LogP contribution in [0.2, 0.25) is 0 Å². The minimum absolute atomic E-state index is 0.0768. The van der Waals surface area contributed by atoms with Crippen LogP contribution < -0.4 is 10.9 Å². The number of aromatic nitrogens is 2. The molecule has 2 heterocycles. The monoisotopic (exact) mass is 534 g/mol. The molecule has 0 aliphatic rings. The molecule has 2 N–H and O–H groups in total. The van der Waals surface area contributed by atoms with E-state index in [1.807, 2.05) is 112 Å². The van der Waals surface area contributed by atoms with Crippen molar-refractivity contribution in [1.29, 1.82) is 0 Å². The van der Waals surface area contributed by atoms with Gasteiger partial charge in [0.25, 0.3) is 5.91 Å². The van der Waals surface area contributed by atoms with Crippen molar-refractivity contribution in [3.63, 3.8) is 0 Å². The second-order valence-electron chi connectivity index (χ2n) is 9.55. The lowest BCUT2D eigenvalue weighted by Gasteiger charge is -2.16. The van der Waals surface area contributed by atoms with E-state index in [1.165, 1.54) is 0 Å². The first-order chi connectivity index (χ1) is 19.4. The molecule has 1 amide bonds. The molecular formula is C32H21F3N4O. The fourth-order valence-electron chi connectivity index (χ4n) is 5.59. The standard InChI is InChI=1S/C32H21F3N4O/c33-32(34,35)37-36-31(40)20-17-21(38-27-13-5-1-9-23(27)24-10-2-6-14-28(24)38)19-22(18-20)39-29-15-7-3-11-25(29)26-12-4-8-16-30(26)39/h1-19,37H,(H,36,40). The fourth-order valence-corrected chi connectivity index (χ4v) is 5.59. The molecule has 8 heteroatoms. The summed E-state index contributed by atoms with van der Waals surface area (Å²) in [5.74, 6) is -0.901. The number of hydrogen-bond acceptors (Lipinski definition) is 2. The summed E-state index contributed by atoms with van der Waals surface area (Å²) in [7, 11) is 0. The van der Waals surface area contributed by atoms with E-state index in [9.17, 15) is 18.0 Å². The number of hydrazine groups is 1. The third-order valence-electron chi connectivity index (χ3n) is 7.16. The summed E-state index contributed by atoms with van der Waals surface area (Å²) < 4.78 is 42.8. The number of nitrogens with zero attached hydrogens (tertiary/aromatic N) is 2. The highest BCUT2D eigenvalue weighted by Crippen LogP contribution is 2.36. The number of amides is 1. The molecule has 0 saturated heterocycles. The topological polar surface area (TPSA) is 51.0 Å². The molecule has 2 aromatic heterocycles. The molecule has 0 bridgehead atoms. The van der Waals surface area contributed by atoms with Crippen LogP contribution in [0.4, 0.5) is 13.2 Å². The zero-order chi connectivity index (χ0) is 27.4. The Kier molecular flexibility index (Phi) is 5.40. The summed E-state index contributed by atoms with van der Waals surface area (Å²) in [6.07, 6.45) is -4.77. The van der Waals surface area contributed by atoms with Gasteiger partial charge >= 0.3 is 6.30 Å². The van der Waals surface area contributed by atoms with Crippen molar-refractivity contribution in [2.45, 2.75) is 6.30 Å². The molecule has 7 aromatic rings. The molecule has 0 aliphatic heterocycles. The van der Waals surface area contributed by atoms with Gasteiger partial charge < -0.3 is 9.13 Å². The summed E-state index contributed by atoms with van der Waals surface area (Å²) in [5.41, 5.74) is 7.98. The summed E-state index contributed by atoms with van der Waals surface area (Å²) in [6, 6.07) is 36.9. The molecule has 0 saturated carbocycles. The second-order valence-corrected chi connectivity index (χ2v) is 9.55. The Morgan fingerprint density at radius 2 is 0.900 bits per heavy atom. The molecule has 5 nitrogen and oxygen atoms in total. The third-order valence-corrected chi connectivity index (χ3v) is 7.16. The average Bonchev–Trinajstić information content (AvgIpc) is 3.48. The molecule has 5 aromatic carbocycles. The maximum Gasteiger partial charge on any atom is 0.474 e. The lowest BCUT2D eigenvalue weighted by molar-refractivity contribution is -0.164. The molecule has 196 valence electrons. The van der Waals surface area contributed by atoms with Crippen LogP contribution >= 0.6 is 0 Å². The average molecular weight is 535 g/mol. The van der Waals surface area contributed by atoms with Crippen molar-refractivity contribution in [3.05, 3.63) is 121 Å². The maximum absolute atomic E-state index is 13.1. The van der Waals surface area contributed by atoms with Crippen LogP contribution in [0.3, 0.4) is 0 Å². The van der Waals surface area contributed by atoms with E-state index >= 15 is 0 Å². The van der Waals surface area contributed by atoms with Gasteiger partial charge in [-0.3, -0.25) is 10.2 Å². The number of alkyl halides is 3. The summed E-state index contributed by atoms with van der Waals surface area (Å²) in [6.45, 7) is 0. The third kappa shape index (κ3) is 3.88. The van der Waals surface area contributed by atoms with Gasteiger partial charge in [-0.25, -0.2) is 0 Å². The Labute approximate surface area is 226 Å². The highest BCUT2D eigenvalue weighted by molar-refractivity contribution is 6.11. The molecule has 0 atom stereocenters. The van der Waals surface area contributed by atoms with Crippen LogP contribution in [-0.2, 0) is 0 Å². The van der Waals surface area contributed by atoms with E-state index in [0.717, 1.165) is 49.0 Å². The van der Waals surface area contributed by atoms with E-state index < -0.39 is 12.2 Å². The zero-order valence-electron chi connectivity index (χ0n) is 20.9. The first-order valence-corrected chi connectivity index (χ1v) is 12.7. The predicted octanol–water partition coefficient (Wildman–Crippen LogP) is 7.64. The number of rotatable bonds is 4. The van der Waals surface area contributed by atoms with Crippen LogP contribution in [0.1, 0.15) is 10.4 Å². The van der Waals surface area contributed by atoms with Crippen LogP contribution in [0.15, 0.2) is 115 Å². The van der Waals surface area contributed by atoms with Gasteiger partial charge in [-0.05, 0) is 42.5 Å². The number of carbonyl (C=O) groups is 1. The van der Waals surface area contributed by atoms with Crippen molar-refractivity contribution in [2.24, 2.45) is 0 Å². The normalized spacial score (nSPS) is 12.1. The van der Waals surface area contributed by atoms with Gasteiger partial charge in [-0.2, -0.15) is 13.2 Å². The predicted molar refractivity (Wildman–Crippen MR) is 152 cm³/mol.